The molecule has 2 unspecified atom stereocenters. The summed E-state index contributed by atoms with van der Waals surface area (Å²) in [6, 6.07) is 0.424. The molecule has 0 aromatic rings. The van der Waals surface area contributed by atoms with Crippen LogP contribution >= 0.6 is 0 Å². The molecule has 2 heterocycles. The molecule has 2 atom stereocenters. The molecule has 0 bridgehead atoms. The molecule has 0 aromatic heterocycles. The van der Waals surface area contributed by atoms with Crippen molar-refractivity contribution >= 4 is 0 Å². The minimum atomic E-state index is 0.424. The van der Waals surface area contributed by atoms with E-state index in [0.717, 1.165) is 12.5 Å². The van der Waals surface area contributed by atoms with Crippen LogP contribution in [0.2, 0.25) is 0 Å². The van der Waals surface area contributed by atoms with E-state index in [0.29, 0.717) is 6.04 Å². The van der Waals surface area contributed by atoms with E-state index in [9.17, 15) is 0 Å². The topological polar surface area (TPSA) is 32.5 Å². The highest BCUT2D eigenvalue weighted by molar-refractivity contribution is 4.77. The van der Waals surface area contributed by atoms with Crippen LogP contribution in [0.4, 0.5) is 0 Å². The van der Waals surface area contributed by atoms with Gasteiger partial charge in [-0.1, -0.05) is 6.92 Å². The standard InChI is InChI=1S/C13H27N3/c1-12(9-15-6-2-3-7-15)10-16-8-4-5-13(14)11-16/h12-13H,2-11,14H2,1H3. The van der Waals surface area contributed by atoms with Gasteiger partial charge in [-0.05, 0) is 51.2 Å². The minimum Gasteiger partial charge on any atom is -0.327 e. The van der Waals surface area contributed by atoms with Gasteiger partial charge in [0.05, 0.1) is 0 Å². The van der Waals surface area contributed by atoms with Crippen molar-refractivity contribution < 1.29 is 0 Å². The molecule has 0 spiro atoms. The second-order valence-electron chi connectivity index (χ2n) is 5.77. The Balaban J connectivity index is 1.67. The Morgan fingerprint density at radius 2 is 1.69 bits per heavy atom. The summed E-state index contributed by atoms with van der Waals surface area (Å²) in [5, 5.41) is 0. The van der Waals surface area contributed by atoms with Crippen molar-refractivity contribution in [2.45, 2.75) is 38.6 Å². The monoisotopic (exact) mass is 225 g/mol. The van der Waals surface area contributed by atoms with Gasteiger partial charge in [0.25, 0.3) is 0 Å². The molecule has 0 saturated carbocycles. The summed E-state index contributed by atoms with van der Waals surface area (Å²) in [7, 11) is 0. The van der Waals surface area contributed by atoms with Crippen molar-refractivity contribution in [1.82, 2.24) is 9.80 Å². The molecule has 0 aromatic carbocycles. The number of hydrogen-bond acceptors (Lipinski definition) is 3. The van der Waals surface area contributed by atoms with Crippen LogP contribution in [0.1, 0.15) is 32.6 Å². The van der Waals surface area contributed by atoms with Crippen LogP contribution in [-0.4, -0.2) is 55.1 Å². The van der Waals surface area contributed by atoms with Crippen LogP contribution in [0.25, 0.3) is 0 Å². The molecular formula is C13H27N3. The molecule has 2 N–H and O–H groups in total. The molecular weight excluding hydrogens is 198 g/mol. The Bertz CT molecular complexity index is 201. The Morgan fingerprint density at radius 1 is 1.06 bits per heavy atom. The Kier molecular flexibility index (Phi) is 4.62. The highest BCUT2D eigenvalue weighted by Crippen LogP contribution is 2.14. The Morgan fingerprint density at radius 3 is 2.38 bits per heavy atom. The van der Waals surface area contributed by atoms with E-state index in [1.165, 1.54) is 58.4 Å². The maximum Gasteiger partial charge on any atom is 0.0168 e. The predicted molar refractivity (Wildman–Crippen MR) is 68.5 cm³/mol. The minimum absolute atomic E-state index is 0.424. The molecule has 3 heteroatoms. The molecule has 94 valence electrons. The van der Waals surface area contributed by atoms with Crippen molar-refractivity contribution in [2.24, 2.45) is 11.7 Å². The lowest BCUT2D eigenvalue weighted by Gasteiger charge is -2.33. The zero-order chi connectivity index (χ0) is 11.4. The predicted octanol–water partition coefficient (Wildman–Crippen LogP) is 1.14. The summed E-state index contributed by atoms with van der Waals surface area (Å²) >= 11 is 0. The molecule has 0 amide bonds. The summed E-state index contributed by atoms with van der Waals surface area (Å²) in [5.41, 5.74) is 6.01. The van der Waals surface area contributed by atoms with E-state index in [4.69, 9.17) is 5.73 Å². The summed E-state index contributed by atoms with van der Waals surface area (Å²) in [6.45, 7) is 9.93. The van der Waals surface area contributed by atoms with Gasteiger partial charge in [0.15, 0.2) is 0 Å². The van der Waals surface area contributed by atoms with Crippen LogP contribution in [0.15, 0.2) is 0 Å². The zero-order valence-corrected chi connectivity index (χ0v) is 10.7. The van der Waals surface area contributed by atoms with E-state index in [2.05, 4.69) is 16.7 Å². The van der Waals surface area contributed by atoms with Gasteiger partial charge in [0, 0.05) is 25.7 Å². The molecule has 16 heavy (non-hydrogen) atoms. The van der Waals surface area contributed by atoms with Gasteiger partial charge in [-0.3, -0.25) is 0 Å². The lowest BCUT2D eigenvalue weighted by molar-refractivity contribution is 0.164. The maximum atomic E-state index is 6.01. The highest BCUT2D eigenvalue weighted by atomic mass is 15.2. The average molecular weight is 225 g/mol. The molecule has 2 fully saturated rings. The normalized spacial score (nSPS) is 30.8. The van der Waals surface area contributed by atoms with E-state index in [1.54, 1.807) is 0 Å². The third kappa shape index (κ3) is 3.72. The van der Waals surface area contributed by atoms with Crippen molar-refractivity contribution in [3.05, 3.63) is 0 Å². The number of hydrogen-bond donors (Lipinski definition) is 1. The molecule has 2 aliphatic heterocycles. The third-order valence-electron chi connectivity index (χ3n) is 3.88. The number of nitrogens with zero attached hydrogens (tertiary/aromatic N) is 2. The average Bonchev–Trinajstić information content (AvgIpc) is 2.70. The van der Waals surface area contributed by atoms with Crippen LogP contribution in [0.3, 0.4) is 0 Å². The van der Waals surface area contributed by atoms with Gasteiger partial charge in [-0.25, -0.2) is 0 Å². The lowest BCUT2D eigenvalue weighted by Crippen LogP contribution is -2.45. The molecule has 2 rings (SSSR count). The van der Waals surface area contributed by atoms with Crippen molar-refractivity contribution in [3.63, 3.8) is 0 Å². The lowest BCUT2D eigenvalue weighted by atomic mass is 10.0. The van der Waals surface area contributed by atoms with Crippen LogP contribution < -0.4 is 5.73 Å². The molecule has 3 nitrogen and oxygen atoms in total. The first-order valence-electron chi connectivity index (χ1n) is 6.94. The van der Waals surface area contributed by atoms with Crippen molar-refractivity contribution in [1.29, 1.82) is 0 Å². The summed E-state index contributed by atoms with van der Waals surface area (Å²) in [5.74, 6) is 0.795. The largest absolute Gasteiger partial charge is 0.327 e. The molecule has 2 aliphatic rings. The smallest absolute Gasteiger partial charge is 0.0168 e. The quantitative estimate of drug-likeness (QED) is 0.779. The number of rotatable bonds is 4. The fraction of sp³-hybridized carbons (Fsp3) is 1.00. The first-order chi connectivity index (χ1) is 7.74. The summed E-state index contributed by atoms with van der Waals surface area (Å²) < 4.78 is 0. The maximum absolute atomic E-state index is 6.01. The number of piperidine rings is 1. The van der Waals surface area contributed by atoms with Gasteiger partial charge in [0.1, 0.15) is 0 Å². The fourth-order valence-electron chi connectivity index (χ4n) is 3.16. The van der Waals surface area contributed by atoms with Gasteiger partial charge in [-0.15, -0.1) is 0 Å². The third-order valence-corrected chi connectivity index (χ3v) is 3.88. The Hall–Kier alpha value is -0.120. The fourth-order valence-corrected chi connectivity index (χ4v) is 3.16. The second-order valence-corrected chi connectivity index (χ2v) is 5.77. The first kappa shape index (κ1) is 12.3. The Labute approximate surface area is 100.0 Å². The van der Waals surface area contributed by atoms with Crippen LogP contribution in [0, 0.1) is 5.92 Å². The summed E-state index contributed by atoms with van der Waals surface area (Å²) in [4.78, 5) is 5.18. The second kappa shape index (κ2) is 5.99. The van der Waals surface area contributed by atoms with E-state index >= 15 is 0 Å². The SMILES string of the molecule is CC(CN1CCCC1)CN1CCCC(N)C1. The van der Waals surface area contributed by atoms with Crippen LogP contribution in [-0.2, 0) is 0 Å². The van der Waals surface area contributed by atoms with Gasteiger partial charge >= 0.3 is 0 Å². The van der Waals surface area contributed by atoms with E-state index in [1.807, 2.05) is 0 Å². The van der Waals surface area contributed by atoms with Gasteiger partial charge in [-0.2, -0.15) is 0 Å². The number of nitrogens with two attached hydrogens (primary N) is 1. The van der Waals surface area contributed by atoms with Gasteiger partial charge in [0.2, 0.25) is 0 Å². The number of likely N-dealkylation sites (tertiary alicyclic amines) is 2. The van der Waals surface area contributed by atoms with Gasteiger partial charge < -0.3 is 15.5 Å². The summed E-state index contributed by atoms with van der Waals surface area (Å²) in [6.07, 6.45) is 5.32. The van der Waals surface area contributed by atoms with Crippen molar-refractivity contribution in [3.8, 4) is 0 Å². The van der Waals surface area contributed by atoms with E-state index < -0.39 is 0 Å². The highest BCUT2D eigenvalue weighted by Gasteiger charge is 2.20. The zero-order valence-electron chi connectivity index (χ0n) is 10.7. The van der Waals surface area contributed by atoms with E-state index in [-0.39, 0.29) is 0 Å². The van der Waals surface area contributed by atoms with Crippen molar-refractivity contribution in [2.75, 3.05) is 39.3 Å². The molecule has 0 aliphatic carbocycles. The molecule has 2 saturated heterocycles. The first-order valence-corrected chi connectivity index (χ1v) is 6.94. The van der Waals surface area contributed by atoms with Crippen LogP contribution in [0.5, 0.6) is 0 Å². The molecule has 0 radical (unpaired) electrons.